The first-order chi connectivity index (χ1) is 13.9. The molecular formula is C25H29ClN2O. The van der Waals surface area contributed by atoms with Crippen LogP contribution in [0.1, 0.15) is 55.1 Å². The van der Waals surface area contributed by atoms with Gasteiger partial charge in [-0.25, -0.2) is 4.99 Å². The van der Waals surface area contributed by atoms with Crippen molar-refractivity contribution in [2.24, 2.45) is 10.9 Å². The van der Waals surface area contributed by atoms with Crippen LogP contribution >= 0.6 is 11.6 Å². The van der Waals surface area contributed by atoms with Gasteiger partial charge in [-0.15, -0.1) is 11.6 Å². The Morgan fingerprint density at radius 2 is 1.66 bits per heavy atom. The Morgan fingerprint density at radius 1 is 1.10 bits per heavy atom. The number of hydrogen-bond donors (Lipinski definition) is 1. The molecule has 0 radical (unpaired) electrons. The van der Waals surface area contributed by atoms with E-state index in [1.54, 1.807) is 25.1 Å². The second-order valence-corrected chi connectivity index (χ2v) is 7.52. The minimum absolute atomic E-state index is 0.0496. The highest BCUT2D eigenvalue weighted by Gasteiger charge is 2.12. The van der Waals surface area contributed by atoms with Gasteiger partial charge in [-0.05, 0) is 55.7 Å². The Balaban J connectivity index is 0.000000666. The predicted octanol–water partition coefficient (Wildman–Crippen LogP) is 7.10. The van der Waals surface area contributed by atoms with E-state index in [1.165, 1.54) is 12.8 Å². The van der Waals surface area contributed by atoms with Crippen LogP contribution in [0.2, 0.25) is 0 Å². The lowest BCUT2D eigenvalue weighted by molar-refractivity contribution is 0.101. The van der Waals surface area contributed by atoms with Crippen molar-refractivity contribution in [2.45, 2.75) is 39.5 Å². The molecule has 0 atom stereocenters. The van der Waals surface area contributed by atoms with E-state index in [2.05, 4.69) is 23.8 Å². The summed E-state index contributed by atoms with van der Waals surface area (Å²) in [4.78, 5) is 16.0. The largest absolute Gasteiger partial charge is 0.344 e. The number of hydrogen-bond acceptors (Lipinski definition) is 2. The van der Waals surface area contributed by atoms with Crippen LogP contribution in [-0.4, -0.2) is 11.6 Å². The quantitative estimate of drug-likeness (QED) is 0.182. The molecule has 152 valence electrons. The van der Waals surface area contributed by atoms with Crippen LogP contribution in [0, 0.1) is 5.92 Å². The molecule has 1 aliphatic rings. The summed E-state index contributed by atoms with van der Waals surface area (Å²) in [7, 11) is 0. The molecule has 2 aromatic rings. The van der Waals surface area contributed by atoms with Gasteiger partial charge in [0.15, 0.2) is 5.78 Å². The fourth-order valence-corrected chi connectivity index (χ4v) is 2.62. The Labute approximate surface area is 179 Å². The van der Waals surface area contributed by atoms with Crippen LogP contribution in [0.25, 0.3) is 5.70 Å². The third kappa shape index (κ3) is 8.08. The van der Waals surface area contributed by atoms with Gasteiger partial charge in [0.1, 0.15) is 5.84 Å². The average Bonchev–Trinajstić information content (AvgIpc) is 3.50. The van der Waals surface area contributed by atoms with Crippen LogP contribution in [0.15, 0.2) is 72.3 Å². The number of carbonyl (C=O) groups excluding carboxylic acids is 1. The Morgan fingerprint density at radius 3 is 2.10 bits per heavy atom. The van der Waals surface area contributed by atoms with Gasteiger partial charge in [0.2, 0.25) is 0 Å². The highest BCUT2D eigenvalue weighted by Crippen LogP contribution is 2.26. The van der Waals surface area contributed by atoms with Gasteiger partial charge in [-0.3, -0.25) is 4.79 Å². The highest BCUT2D eigenvalue weighted by molar-refractivity contribution is 6.17. The summed E-state index contributed by atoms with van der Waals surface area (Å²) in [5.41, 5.74) is 4.42. The third-order valence-corrected chi connectivity index (χ3v) is 4.76. The number of carbonyl (C=O) groups is 1. The summed E-state index contributed by atoms with van der Waals surface area (Å²) < 4.78 is 0. The van der Waals surface area contributed by atoms with Gasteiger partial charge in [0, 0.05) is 22.7 Å². The van der Waals surface area contributed by atoms with Crippen molar-refractivity contribution >= 4 is 34.6 Å². The smallest absolute Gasteiger partial charge is 0.159 e. The molecule has 0 aliphatic heterocycles. The number of allylic oxidation sites excluding steroid dienone is 2. The van der Waals surface area contributed by atoms with E-state index in [0.29, 0.717) is 11.4 Å². The van der Waals surface area contributed by atoms with E-state index in [1.807, 2.05) is 49.4 Å². The summed E-state index contributed by atoms with van der Waals surface area (Å²) in [6.45, 7) is 9.48. The van der Waals surface area contributed by atoms with Crippen molar-refractivity contribution in [1.82, 2.24) is 0 Å². The molecule has 3 rings (SSSR count). The first kappa shape index (κ1) is 22.6. The average molecular weight is 409 g/mol. The van der Waals surface area contributed by atoms with Crippen molar-refractivity contribution < 1.29 is 4.79 Å². The van der Waals surface area contributed by atoms with Gasteiger partial charge in [0.25, 0.3) is 0 Å². The maximum absolute atomic E-state index is 11.3. The van der Waals surface area contributed by atoms with Crippen LogP contribution in [0.5, 0.6) is 0 Å². The van der Waals surface area contributed by atoms with E-state index < -0.39 is 0 Å². The van der Waals surface area contributed by atoms with Gasteiger partial charge in [-0.2, -0.15) is 0 Å². The standard InChI is InChI=1S/C21H21ClN2O.C4H8/c1-4-5-21(19-8-6-17(14-22)7-9-19)24-16(3)23-20-12-10-18(11-13-20)15(2)25;1-4-2-3-4/h4-13H,1,14H2,2-3H3,(H,23,24);4H,2-3H2,1H3/b21-5-;. The zero-order chi connectivity index (χ0) is 21.2. The van der Waals surface area contributed by atoms with Crippen LogP contribution in [0.3, 0.4) is 0 Å². The number of benzene rings is 2. The zero-order valence-electron chi connectivity index (χ0n) is 17.4. The molecule has 0 amide bonds. The van der Waals surface area contributed by atoms with Crippen molar-refractivity contribution in [3.63, 3.8) is 0 Å². The van der Waals surface area contributed by atoms with Gasteiger partial charge in [0.05, 0.1) is 5.70 Å². The fourth-order valence-electron chi connectivity index (χ4n) is 2.45. The summed E-state index contributed by atoms with van der Waals surface area (Å²) >= 11 is 5.84. The van der Waals surface area contributed by atoms with Crippen LogP contribution < -0.4 is 5.32 Å². The molecule has 0 unspecified atom stereocenters. The number of Topliss-reactive ketones (excluding diaryl/α,β-unsaturated/α-hetero) is 1. The number of amidine groups is 1. The number of anilines is 1. The number of ketones is 1. The lowest BCUT2D eigenvalue weighted by atomic mass is 10.1. The number of nitrogens with zero attached hydrogens (tertiary/aromatic N) is 1. The van der Waals surface area contributed by atoms with Gasteiger partial charge >= 0.3 is 0 Å². The summed E-state index contributed by atoms with van der Waals surface area (Å²) in [6, 6.07) is 15.3. The van der Waals surface area contributed by atoms with Gasteiger partial charge < -0.3 is 5.32 Å². The first-order valence-electron chi connectivity index (χ1n) is 9.84. The Bertz CT molecular complexity index is 876. The monoisotopic (exact) mass is 408 g/mol. The minimum Gasteiger partial charge on any atom is -0.344 e. The number of nitrogens with one attached hydrogen (secondary N) is 1. The molecule has 29 heavy (non-hydrogen) atoms. The molecule has 1 aliphatic carbocycles. The Kier molecular flexibility index (Phi) is 8.88. The second-order valence-electron chi connectivity index (χ2n) is 7.26. The topological polar surface area (TPSA) is 41.5 Å². The molecule has 0 bridgehead atoms. The summed E-state index contributed by atoms with van der Waals surface area (Å²) in [5.74, 6) is 2.36. The van der Waals surface area contributed by atoms with Crippen molar-refractivity contribution in [1.29, 1.82) is 0 Å². The van der Waals surface area contributed by atoms with Crippen LogP contribution in [0.4, 0.5) is 5.69 Å². The summed E-state index contributed by atoms with van der Waals surface area (Å²) in [6.07, 6.45) is 6.54. The first-order valence-corrected chi connectivity index (χ1v) is 10.4. The van der Waals surface area contributed by atoms with E-state index in [0.717, 1.165) is 34.3 Å². The van der Waals surface area contributed by atoms with E-state index >= 15 is 0 Å². The second kappa shape index (κ2) is 11.4. The molecule has 1 fully saturated rings. The fraction of sp³-hybridized carbons (Fsp3) is 0.280. The van der Waals surface area contributed by atoms with Crippen LogP contribution in [-0.2, 0) is 5.88 Å². The van der Waals surface area contributed by atoms with Crippen molar-refractivity contribution in [3.05, 3.63) is 84.0 Å². The number of alkyl halides is 1. The van der Waals surface area contributed by atoms with E-state index in [9.17, 15) is 4.79 Å². The maximum Gasteiger partial charge on any atom is 0.159 e. The van der Waals surface area contributed by atoms with Gasteiger partial charge in [-0.1, -0.05) is 56.7 Å². The molecule has 0 aromatic heterocycles. The lowest BCUT2D eigenvalue weighted by Gasteiger charge is -2.09. The Hall–Kier alpha value is -2.65. The molecule has 1 saturated carbocycles. The molecule has 1 N–H and O–H groups in total. The third-order valence-electron chi connectivity index (χ3n) is 4.45. The zero-order valence-corrected chi connectivity index (χ0v) is 18.2. The van der Waals surface area contributed by atoms with Crippen molar-refractivity contribution in [2.75, 3.05) is 5.32 Å². The number of aliphatic imine (C=N–C) groups is 1. The molecule has 2 aromatic carbocycles. The molecule has 0 heterocycles. The number of rotatable bonds is 6. The normalized spacial score (nSPS) is 13.9. The molecule has 0 saturated heterocycles. The molecule has 4 heteroatoms. The summed E-state index contributed by atoms with van der Waals surface area (Å²) in [5, 5.41) is 3.23. The number of halogens is 1. The maximum atomic E-state index is 11.3. The molecule has 3 nitrogen and oxygen atoms in total. The minimum atomic E-state index is 0.0496. The SMILES string of the molecule is C=C/C=C(\N=C(C)Nc1ccc(C(C)=O)cc1)c1ccc(CCl)cc1.CC1CC1. The predicted molar refractivity (Wildman–Crippen MR) is 126 cm³/mol. The van der Waals surface area contributed by atoms with Crippen molar-refractivity contribution in [3.8, 4) is 0 Å². The molecular weight excluding hydrogens is 380 g/mol. The molecule has 0 spiro atoms. The lowest BCUT2D eigenvalue weighted by Crippen LogP contribution is -2.07. The highest BCUT2D eigenvalue weighted by atomic mass is 35.5. The van der Waals surface area contributed by atoms with E-state index in [-0.39, 0.29) is 5.78 Å². The van der Waals surface area contributed by atoms with E-state index in [4.69, 9.17) is 11.6 Å².